The van der Waals surface area contributed by atoms with Gasteiger partial charge in [-0.3, -0.25) is 14.4 Å². The van der Waals surface area contributed by atoms with E-state index in [9.17, 15) is 14.4 Å². The smallest absolute Gasteiger partial charge is 0.305 e. The summed E-state index contributed by atoms with van der Waals surface area (Å²) in [5, 5.41) is 0. The fraction of sp³-hybridized carbons (Fsp3) is 0.414. The average molecular weight is 478 g/mol. The maximum absolute atomic E-state index is 12.6. The number of esters is 1. The van der Waals surface area contributed by atoms with Crippen molar-refractivity contribution in [1.29, 1.82) is 0 Å². The van der Waals surface area contributed by atoms with E-state index in [1.165, 1.54) is 0 Å². The second-order valence-electron chi connectivity index (χ2n) is 8.73. The van der Waals surface area contributed by atoms with Crippen molar-refractivity contribution in [2.45, 2.75) is 64.3 Å². The van der Waals surface area contributed by atoms with Gasteiger partial charge in [0.05, 0.1) is 12.6 Å². The van der Waals surface area contributed by atoms with Gasteiger partial charge in [-0.25, -0.2) is 0 Å². The van der Waals surface area contributed by atoms with Gasteiger partial charge in [-0.1, -0.05) is 49.2 Å². The molecule has 0 spiro atoms. The largest absolute Gasteiger partial charge is 0.466 e. The summed E-state index contributed by atoms with van der Waals surface area (Å²) in [6, 6.07) is 17.1. The first-order valence-electron chi connectivity index (χ1n) is 12.5. The van der Waals surface area contributed by atoms with Crippen LogP contribution in [0, 0.1) is 0 Å². The highest BCUT2D eigenvalue weighted by Gasteiger charge is 2.28. The van der Waals surface area contributed by atoms with Gasteiger partial charge in [0.15, 0.2) is 5.78 Å². The number of hydrogen-bond donors (Lipinski definition) is 0. The minimum absolute atomic E-state index is 0.000116. The summed E-state index contributed by atoms with van der Waals surface area (Å²) in [5.74, 6) is 1.44. The van der Waals surface area contributed by atoms with Crippen LogP contribution in [0.2, 0.25) is 0 Å². The highest BCUT2D eigenvalue weighted by molar-refractivity contribution is 5.91. The normalized spacial score (nSPS) is 15.5. The van der Waals surface area contributed by atoms with Crippen LogP contribution >= 0.6 is 0 Å². The van der Waals surface area contributed by atoms with Crippen LogP contribution < -0.4 is 4.74 Å². The molecule has 6 nitrogen and oxygen atoms in total. The van der Waals surface area contributed by atoms with Gasteiger partial charge < -0.3 is 14.4 Å². The number of ether oxygens (including phenoxy) is 2. The second kappa shape index (κ2) is 14.1. The molecule has 0 aromatic heterocycles. The Morgan fingerprint density at radius 2 is 1.77 bits per heavy atom. The molecule has 0 saturated carbocycles. The lowest BCUT2D eigenvalue weighted by Crippen LogP contribution is -2.32. The molecule has 1 aliphatic rings. The summed E-state index contributed by atoms with van der Waals surface area (Å²) >= 11 is 0. The summed E-state index contributed by atoms with van der Waals surface area (Å²) in [6.45, 7) is 2.91. The molecule has 35 heavy (non-hydrogen) atoms. The standard InChI is InChI=1S/C29H35NO5/c1-2-34-29(33)15-8-3-4-9-20-30-24(17-19-28(30)32)16-18-25(31)21-23-11-10-14-27(22-23)35-26-12-6-5-7-13-26/h5-7,10-14,16,18,22,24H,2-4,8-9,15,17,19-21H2,1H3/t24-/m0/s1. The number of carbonyl (C=O) groups is 3. The van der Waals surface area contributed by atoms with Crippen molar-refractivity contribution in [3.8, 4) is 11.5 Å². The fourth-order valence-electron chi connectivity index (χ4n) is 4.21. The maximum atomic E-state index is 12.6. The van der Waals surface area contributed by atoms with E-state index in [0.29, 0.717) is 31.7 Å². The van der Waals surface area contributed by atoms with E-state index in [-0.39, 0.29) is 30.1 Å². The first-order chi connectivity index (χ1) is 17.0. The number of nitrogens with zero attached hydrogens (tertiary/aromatic N) is 1. The predicted molar refractivity (Wildman–Crippen MR) is 135 cm³/mol. The van der Waals surface area contributed by atoms with E-state index >= 15 is 0 Å². The third kappa shape index (κ3) is 9.04. The summed E-state index contributed by atoms with van der Waals surface area (Å²) < 4.78 is 10.8. The number of ketones is 1. The molecule has 0 unspecified atom stereocenters. The number of likely N-dealkylation sites (tertiary alicyclic amines) is 1. The third-order valence-corrected chi connectivity index (χ3v) is 5.97. The van der Waals surface area contributed by atoms with Crippen molar-refractivity contribution in [3.05, 3.63) is 72.3 Å². The molecule has 1 heterocycles. The van der Waals surface area contributed by atoms with E-state index < -0.39 is 0 Å². The summed E-state index contributed by atoms with van der Waals surface area (Å²) in [7, 11) is 0. The molecule has 186 valence electrons. The number of hydrogen-bond acceptors (Lipinski definition) is 5. The predicted octanol–water partition coefficient (Wildman–Crippen LogP) is 5.65. The van der Waals surface area contributed by atoms with E-state index in [4.69, 9.17) is 9.47 Å². The zero-order valence-electron chi connectivity index (χ0n) is 20.5. The van der Waals surface area contributed by atoms with Gasteiger partial charge in [-0.2, -0.15) is 0 Å². The van der Waals surface area contributed by atoms with Gasteiger partial charge in [0, 0.05) is 25.8 Å². The van der Waals surface area contributed by atoms with Crippen LogP contribution in [0.15, 0.2) is 66.7 Å². The summed E-state index contributed by atoms with van der Waals surface area (Å²) in [5.41, 5.74) is 0.884. The zero-order chi connectivity index (χ0) is 24.9. The molecule has 1 aliphatic heterocycles. The van der Waals surface area contributed by atoms with Crippen molar-refractivity contribution in [2.24, 2.45) is 0 Å². The number of unbranched alkanes of at least 4 members (excludes halogenated alkanes) is 3. The van der Waals surface area contributed by atoms with Gasteiger partial charge in [0.25, 0.3) is 0 Å². The number of allylic oxidation sites excluding steroid dienone is 1. The van der Waals surface area contributed by atoms with E-state index in [0.717, 1.165) is 43.4 Å². The molecule has 1 fully saturated rings. The maximum Gasteiger partial charge on any atom is 0.305 e. The molecule has 0 aliphatic carbocycles. The fourth-order valence-corrected chi connectivity index (χ4v) is 4.21. The van der Waals surface area contributed by atoms with Crippen LogP contribution in [-0.2, 0) is 25.5 Å². The molecule has 6 heteroatoms. The lowest BCUT2D eigenvalue weighted by molar-refractivity contribution is -0.143. The van der Waals surface area contributed by atoms with Crippen LogP contribution in [0.3, 0.4) is 0 Å². The number of amides is 1. The Labute approximate surface area is 207 Å². The highest BCUT2D eigenvalue weighted by atomic mass is 16.5. The molecule has 0 radical (unpaired) electrons. The minimum atomic E-state index is -0.146. The van der Waals surface area contributed by atoms with Gasteiger partial charge in [0.1, 0.15) is 11.5 Å². The number of rotatable bonds is 14. The Hall–Kier alpha value is -3.41. The molecule has 1 saturated heterocycles. The van der Waals surface area contributed by atoms with Crippen LogP contribution in [0.4, 0.5) is 0 Å². The van der Waals surface area contributed by atoms with Crippen LogP contribution in [0.1, 0.15) is 57.4 Å². The molecule has 3 rings (SSSR count). The number of carbonyl (C=O) groups excluding carboxylic acids is 3. The Morgan fingerprint density at radius 3 is 2.57 bits per heavy atom. The Balaban J connectivity index is 1.43. The van der Waals surface area contributed by atoms with Crippen molar-refractivity contribution < 1.29 is 23.9 Å². The first-order valence-corrected chi connectivity index (χ1v) is 12.5. The van der Waals surface area contributed by atoms with Gasteiger partial charge in [-0.15, -0.1) is 0 Å². The molecule has 1 amide bonds. The second-order valence-corrected chi connectivity index (χ2v) is 8.73. The molecule has 0 bridgehead atoms. The van der Waals surface area contributed by atoms with Crippen molar-refractivity contribution in [2.75, 3.05) is 13.2 Å². The highest BCUT2D eigenvalue weighted by Crippen LogP contribution is 2.23. The monoisotopic (exact) mass is 477 g/mol. The van der Waals surface area contributed by atoms with Gasteiger partial charge >= 0.3 is 5.97 Å². The van der Waals surface area contributed by atoms with Crippen molar-refractivity contribution >= 4 is 17.7 Å². The Kier molecular flexibility index (Phi) is 10.6. The zero-order valence-corrected chi connectivity index (χ0v) is 20.5. The average Bonchev–Trinajstić information content (AvgIpc) is 3.20. The third-order valence-electron chi connectivity index (χ3n) is 5.97. The number of benzene rings is 2. The molecular formula is C29H35NO5. The van der Waals surface area contributed by atoms with Crippen LogP contribution in [-0.4, -0.2) is 41.8 Å². The SMILES string of the molecule is CCOC(=O)CCCCCCN1C(=O)CC[C@@H]1C=CC(=O)Cc1cccc(Oc2ccccc2)c1. The molecule has 0 N–H and O–H groups in total. The summed E-state index contributed by atoms with van der Waals surface area (Å²) in [4.78, 5) is 38.2. The van der Waals surface area contributed by atoms with E-state index in [1.807, 2.05) is 72.5 Å². The van der Waals surface area contributed by atoms with Gasteiger partial charge in [0.2, 0.25) is 5.91 Å². The lowest BCUT2D eigenvalue weighted by Gasteiger charge is -2.22. The topological polar surface area (TPSA) is 72.9 Å². The van der Waals surface area contributed by atoms with Crippen LogP contribution in [0.5, 0.6) is 11.5 Å². The van der Waals surface area contributed by atoms with Crippen molar-refractivity contribution in [3.63, 3.8) is 0 Å². The Bertz CT molecular complexity index is 1000. The molecule has 1 atom stereocenters. The molecule has 2 aromatic carbocycles. The Morgan fingerprint density at radius 1 is 1.00 bits per heavy atom. The van der Waals surface area contributed by atoms with Gasteiger partial charge in [-0.05, 0) is 62.1 Å². The van der Waals surface area contributed by atoms with E-state index in [1.54, 1.807) is 6.08 Å². The summed E-state index contributed by atoms with van der Waals surface area (Å²) in [6.07, 6.45) is 9.07. The first kappa shape index (κ1) is 26.2. The molecular weight excluding hydrogens is 442 g/mol. The molecule has 2 aromatic rings. The lowest BCUT2D eigenvalue weighted by atomic mass is 10.1. The van der Waals surface area contributed by atoms with Crippen molar-refractivity contribution in [1.82, 2.24) is 4.90 Å². The van der Waals surface area contributed by atoms with E-state index in [2.05, 4.69) is 0 Å². The minimum Gasteiger partial charge on any atom is -0.466 e. The van der Waals surface area contributed by atoms with Crippen LogP contribution in [0.25, 0.3) is 0 Å². The number of para-hydroxylation sites is 1. The quantitative estimate of drug-likeness (QED) is 0.200.